The Morgan fingerprint density at radius 2 is 1.85 bits per heavy atom. The first-order valence-corrected chi connectivity index (χ1v) is 12.0. The number of rotatable bonds is 10. The van der Waals surface area contributed by atoms with Crippen molar-refractivity contribution in [3.8, 4) is 17.2 Å². The molecule has 9 heteroatoms. The van der Waals surface area contributed by atoms with Gasteiger partial charge in [0.15, 0.2) is 11.5 Å². The average molecular weight is 506 g/mol. The lowest BCUT2D eigenvalue weighted by molar-refractivity contribution is -0.0537. The van der Waals surface area contributed by atoms with E-state index in [0.29, 0.717) is 47.5 Å². The normalized spacial score (nSPS) is 15.8. The van der Waals surface area contributed by atoms with Gasteiger partial charge in [-0.25, -0.2) is 0 Å². The van der Waals surface area contributed by atoms with Crippen LogP contribution >= 0.6 is 23.2 Å². The monoisotopic (exact) mass is 505 g/mol. The summed E-state index contributed by atoms with van der Waals surface area (Å²) >= 11 is 12.0. The smallest absolute Gasteiger partial charge is 0.161 e. The maximum absolute atomic E-state index is 11.0. The van der Waals surface area contributed by atoms with Gasteiger partial charge in [0.1, 0.15) is 24.6 Å². The first-order valence-electron chi connectivity index (χ1n) is 11.2. The van der Waals surface area contributed by atoms with Gasteiger partial charge in [0, 0.05) is 38.1 Å². The zero-order valence-electron chi connectivity index (χ0n) is 19.1. The summed E-state index contributed by atoms with van der Waals surface area (Å²) in [6.07, 6.45) is 4.90. The van der Waals surface area contributed by atoms with Crippen molar-refractivity contribution in [3.05, 3.63) is 70.5 Å². The molecule has 2 heterocycles. The number of ether oxygens (including phenoxy) is 3. The number of aliphatic hydroxyl groups is 1. The molecule has 7 nitrogen and oxygen atoms in total. The van der Waals surface area contributed by atoms with Crippen LogP contribution < -0.4 is 14.2 Å². The predicted molar refractivity (Wildman–Crippen MR) is 132 cm³/mol. The Morgan fingerprint density at radius 1 is 1.03 bits per heavy atom. The molecule has 1 aliphatic heterocycles. The van der Waals surface area contributed by atoms with Gasteiger partial charge in [-0.3, -0.25) is 9.58 Å². The van der Waals surface area contributed by atoms with Gasteiger partial charge in [-0.1, -0.05) is 29.3 Å². The molecule has 0 radical (unpaired) electrons. The van der Waals surface area contributed by atoms with E-state index < -0.39 is 5.60 Å². The molecule has 1 aliphatic rings. The molecule has 0 saturated carbocycles. The van der Waals surface area contributed by atoms with E-state index in [0.717, 1.165) is 30.9 Å². The minimum absolute atomic E-state index is 0.218. The van der Waals surface area contributed by atoms with Crippen molar-refractivity contribution in [3.63, 3.8) is 0 Å². The minimum atomic E-state index is -0.872. The van der Waals surface area contributed by atoms with Gasteiger partial charge in [-0.05, 0) is 48.7 Å². The van der Waals surface area contributed by atoms with E-state index in [2.05, 4.69) is 10.00 Å². The van der Waals surface area contributed by atoms with Crippen LogP contribution in [0.25, 0.3) is 0 Å². The van der Waals surface area contributed by atoms with Gasteiger partial charge in [0.2, 0.25) is 0 Å². The fourth-order valence-corrected chi connectivity index (χ4v) is 4.22. The summed E-state index contributed by atoms with van der Waals surface area (Å²) in [5, 5.41) is 16.1. The summed E-state index contributed by atoms with van der Waals surface area (Å²) in [6, 6.07) is 13.0. The number of aromatic nitrogens is 2. The van der Waals surface area contributed by atoms with Crippen molar-refractivity contribution < 1.29 is 19.3 Å². The summed E-state index contributed by atoms with van der Waals surface area (Å²) < 4.78 is 19.1. The Morgan fingerprint density at radius 3 is 2.56 bits per heavy atom. The lowest BCUT2D eigenvalue weighted by Gasteiger charge is -2.38. The van der Waals surface area contributed by atoms with E-state index in [1.807, 2.05) is 35.1 Å². The van der Waals surface area contributed by atoms with Crippen molar-refractivity contribution in [2.24, 2.45) is 0 Å². The number of likely N-dealkylation sites (tertiary alicyclic amines) is 1. The van der Waals surface area contributed by atoms with Gasteiger partial charge in [-0.2, -0.15) is 5.10 Å². The van der Waals surface area contributed by atoms with Crippen molar-refractivity contribution in [1.82, 2.24) is 14.7 Å². The third-order valence-corrected chi connectivity index (χ3v) is 6.70. The predicted octanol–water partition coefficient (Wildman–Crippen LogP) is 4.68. The van der Waals surface area contributed by atoms with Crippen molar-refractivity contribution >= 4 is 23.2 Å². The molecule has 1 aromatic heterocycles. The van der Waals surface area contributed by atoms with Crippen LogP contribution in [-0.4, -0.2) is 58.8 Å². The standard InChI is InChI=1S/C25H29Cl2N3O4/c1-32-23-6-3-19(15-24(23)33-14-13-30-10-2-9-28-30)17-29-11-7-25(31,8-12-29)18-34-20-4-5-21(26)22(27)16-20/h2-6,9-10,15-16,31H,7-8,11-14,17-18H2,1H3. The number of hydrogen-bond acceptors (Lipinski definition) is 6. The molecule has 1 fully saturated rings. The van der Waals surface area contributed by atoms with Crippen LogP contribution in [-0.2, 0) is 13.1 Å². The fourth-order valence-electron chi connectivity index (χ4n) is 3.93. The van der Waals surface area contributed by atoms with Gasteiger partial charge >= 0.3 is 0 Å². The first-order chi connectivity index (χ1) is 16.4. The van der Waals surface area contributed by atoms with Crippen LogP contribution in [0.15, 0.2) is 54.9 Å². The van der Waals surface area contributed by atoms with Crippen molar-refractivity contribution in [2.45, 2.75) is 31.5 Å². The van der Waals surface area contributed by atoms with Gasteiger partial charge in [-0.15, -0.1) is 0 Å². The topological polar surface area (TPSA) is 69.0 Å². The highest BCUT2D eigenvalue weighted by atomic mass is 35.5. The highest BCUT2D eigenvalue weighted by Crippen LogP contribution is 2.31. The number of hydrogen-bond donors (Lipinski definition) is 1. The number of halogens is 2. The van der Waals surface area contributed by atoms with Crippen molar-refractivity contribution in [2.75, 3.05) is 33.4 Å². The van der Waals surface area contributed by atoms with E-state index in [1.54, 1.807) is 31.5 Å². The molecule has 0 atom stereocenters. The van der Waals surface area contributed by atoms with Crippen LogP contribution in [0.3, 0.4) is 0 Å². The second-order valence-electron chi connectivity index (χ2n) is 8.47. The molecule has 1 saturated heterocycles. The largest absolute Gasteiger partial charge is 0.493 e. The maximum atomic E-state index is 11.0. The molecule has 0 spiro atoms. The Kier molecular flexibility index (Phi) is 8.21. The average Bonchev–Trinajstić information content (AvgIpc) is 3.35. The third-order valence-electron chi connectivity index (χ3n) is 5.96. The van der Waals surface area contributed by atoms with E-state index in [9.17, 15) is 5.11 Å². The highest BCUT2D eigenvalue weighted by molar-refractivity contribution is 6.42. The Hall–Kier alpha value is -2.45. The molecule has 182 valence electrons. The number of piperidine rings is 1. The number of methoxy groups -OCH3 is 1. The summed E-state index contributed by atoms with van der Waals surface area (Å²) in [6.45, 7) is 3.68. The van der Waals surface area contributed by atoms with Gasteiger partial charge < -0.3 is 19.3 Å². The maximum Gasteiger partial charge on any atom is 0.161 e. The first kappa shape index (κ1) is 24.7. The summed E-state index contributed by atoms with van der Waals surface area (Å²) in [5.41, 5.74) is 0.260. The molecule has 0 unspecified atom stereocenters. The quantitative estimate of drug-likeness (QED) is 0.431. The minimum Gasteiger partial charge on any atom is -0.493 e. The second kappa shape index (κ2) is 11.3. The van der Waals surface area contributed by atoms with Crippen LogP contribution in [0.1, 0.15) is 18.4 Å². The highest BCUT2D eigenvalue weighted by Gasteiger charge is 2.33. The van der Waals surface area contributed by atoms with E-state index >= 15 is 0 Å². The molecule has 0 aliphatic carbocycles. The molecular weight excluding hydrogens is 477 g/mol. The molecule has 0 amide bonds. The van der Waals surface area contributed by atoms with Crippen molar-refractivity contribution in [1.29, 1.82) is 0 Å². The van der Waals surface area contributed by atoms with Crippen LogP contribution in [0.2, 0.25) is 10.0 Å². The SMILES string of the molecule is COc1ccc(CN2CCC(O)(COc3ccc(Cl)c(Cl)c3)CC2)cc1OCCn1cccn1. The lowest BCUT2D eigenvalue weighted by Crippen LogP contribution is -2.47. The van der Waals surface area contributed by atoms with Gasteiger partial charge in [0.05, 0.1) is 23.7 Å². The van der Waals surface area contributed by atoms with Crippen LogP contribution in [0.4, 0.5) is 0 Å². The van der Waals surface area contributed by atoms with Crippen LogP contribution in [0, 0.1) is 0 Å². The Bertz CT molecular complexity index is 1070. The summed E-state index contributed by atoms with van der Waals surface area (Å²) in [7, 11) is 1.64. The van der Waals surface area contributed by atoms with E-state index in [-0.39, 0.29) is 6.61 Å². The molecule has 0 bridgehead atoms. The number of benzene rings is 2. The second-order valence-corrected chi connectivity index (χ2v) is 9.28. The Labute approximate surface area is 209 Å². The Balaban J connectivity index is 1.28. The summed E-state index contributed by atoms with van der Waals surface area (Å²) in [4.78, 5) is 2.32. The van der Waals surface area contributed by atoms with E-state index in [1.165, 1.54) is 0 Å². The molecule has 2 aromatic carbocycles. The third kappa shape index (κ3) is 6.57. The molecule has 1 N–H and O–H groups in total. The lowest BCUT2D eigenvalue weighted by atomic mass is 9.92. The van der Waals surface area contributed by atoms with Gasteiger partial charge in [0.25, 0.3) is 0 Å². The molecular formula is C25H29Cl2N3O4. The fraction of sp³-hybridized carbons (Fsp3) is 0.400. The number of nitrogens with zero attached hydrogens (tertiary/aromatic N) is 3. The zero-order chi connectivity index (χ0) is 24.0. The van der Waals surface area contributed by atoms with E-state index in [4.69, 9.17) is 37.4 Å². The van der Waals surface area contributed by atoms with Crippen LogP contribution in [0.5, 0.6) is 17.2 Å². The molecule has 34 heavy (non-hydrogen) atoms. The molecule has 3 aromatic rings. The molecule has 4 rings (SSSR count). The zero-order valence-corrected chi connectivity index (χ0v) is 20.6. The summed E-state index contributed by atoms with van der Waals surface area (Å²) in [5.74, 6) is 2.02.